The lowest BCUT2D eigenvalue weighted by atomic mass is 10.0. The van der Waals surface area contributed by atoms with Gasteiger partial charge in [-0.1, -0.05) is 73.7 Å². The normalized spacial score (nSPS) is 13.2. The summed E-state index contributed by atoms with van der Waals surface area (Å²) in [6, 6.07) is 23.9. The number of fused-ring (bicyclic) bond motifs is 1. The van der Waals surface area contributed by atoms with Gasteiger partial charge in [-0.05, 0) is 30.4 Å². The molecule has 0 aromatic heterocycles. The van der Waals surface area contributed by atoms with E-state index in [0.29, 0.717) is 0 Å². The second-order valence-corrected chi connectivity index (χ2v) is 6.12. The van der Waals surface area contributed by atoms with Crippen molar-refractivity contribution in [2.75, 3.05) is 0 Å². The van der Waals surface area contributed by atoms with E-state index in [1.54, 1.807) is 6.92 Å². The van der Waals surface area contributed by atoms with Gasteiger partial charge >= 0.3 is 0 Å². The summed E-state index contributed by atoms with van der Waals surface area (Å²) in [6.45, 7) is 3.85. The zero-order valence-corrected chi connectivity index (χ0v) is 14.6. The Balaban J connectivity index is 1.72. The van der Waals surface area contributed by atoms with Crippen LogP contribution in [0.5, 0.6) is 5.75 Å². The molecule has 0 aliphatic carbocycles. The fourth-order valence-corrected chi connectivity index (χ4v) is 2.94. The Morgan fingerprint density at radius 1 is 0.960 bits per heavy atom. The van der Waals surface area contributed by atoms with E-state index >= 15 is 0 Å². The molecule has 1 N–H and O–H groups in total. The van der Waals surface area contributed by atoms with Crippen LogP contribution in [0.3, 0.4) is 0 Å². The van der Waals surface area contributed by atoms with Gasteiger partial charge in [0.15, 0.2) is 6.10 Å². The smallest absolute Gasteiger partial charge is 0.261 e. The monoisotopic (exact) mass is 333 g/mol. The molecule has 0 bridgehead atoms. The molecule has 3 nitrogen and oxygen atoms in total. The fraction of sp³-hybridized carbons (Fsp3) is 0.227. The van der Waals surface area contributed by atoms with Crippen molar-refractivity contribution in [1.29, 1.82) is 0 Å². The van der Waals surface area contributed by atoms with E-state index in [1.807, 2.05) is 72.8 Å². The SMILES string of the molecule is CC[C@@H](NC(=O)[C@H](C)Oc1cccc2ccccc12)c1ccccc1. The van der Waals surface area contributed by atoms with Gasteiger partial charge in [0.05, 0.1) is 6.04 Å². The minimum absolute atomic E-state index is 0.00716. The summed E-state index contributed by atoms with van der Waals surface area (Å²) in [6.07, 6.45) is 0.264. The van der Waals surface area contributed by atoms with Crippen molar-refractivity contribution in [1.82, 2.24) is 5.32 Å². The van der Waals surface area contributed by atoms with E-state index in [9.17, 15) is 4.79 Å². The molecule has 0 spiro atoms. The molecule has 3 rings (SSSR count). The Morgan fingerprint density at radius 3 is 2.40 bits per heavy atom. The van der Waals surface area contributed by atoms with Crippen LogP contribution in [0.15, 0.2) is 72.8 Å². The summed E-state index contributed by atoms with van der Waals surface area (Å²) < 4.78 is 5.96. The number of hydrogen-bond acceptors (Lipinski definition) is 2. The zero-order valence-electron chi connectivity index (χ0n) is 14.6. The molecule has 2 atom stereocenters. The molecular weight excluding hydrogens is 310 g/mol. The van der Waals surface area contributed by atoms with Crippen LogP contribution in [0.25, 0.3) is 10.8 Å². The Morgan fingerprint density at radius 2 is 1.64 bits per heavy atom. The molecule has 128 valence electrons. The van der Waals surface area contributed by atoms with Gasteiger partial charge < -0.3 is 10.1 Å². The van der Waals surface area contributed by atoms with Gasteiger partial charge in [-0.25, -0.2) is 0 Å². The summed E-state index contributed by atoms with van der Waals surface area (Å²) in [7, 11) is 0. The minimum atomic E-state index is -0.566. The summed E-state index contributed by atoms with van der Waals surface area (Å²) >= 11 is 0. The van der Waals surface area contributed by atoms with Crippen LogP contribution in [0, 0.1) is 0 Å². The third kappa shape index (κ3) is 4.00. The Bertz CT molecular complexity index is 840. The average molecular weight is 333 g/mol. The van der Waals surface area contributed by atoms with Crippen molar-refractivity contribution >= 4 is 16.7 Å². The predicted octanol–water partition coefficient (Wildman–Crippen LogP) is 4.87. The summed E-state index contributed by atoms with van der Waals surface area (Å²) in [5, 5.41) is 5.20. The highest BCUT2D eigenvalue weighted by Gasteiger charge is 2.19. The van der Waals surface area contributed by atoms with Gasteiger partial charge in [0.25, 0.3) is 5.91 Å². The van der Waals surface area contributed by atoms with Crippen LogP contribution in [-0.2, 0) is 4.79 Å². The standard InChI is InChI=1S/C22H23NO2/c1-3-20(18-11-5-4-6-12-18)23-22(24)16(2)25-21-15-9-13-17-10-7-8-14-19(17)21/h4-16,20H,3H2,1-2H3,(H,23,24)/t16-,20+/m0/s1. The van der Waals surface area contributed by atoms with Gasteiger partial charge in [0.1, 0.15) is 5.75 Å². The maximum Gasteiger partial charge on any atom is 0.261 e. The van der Waals surface area contributed by atoms with E-state index in [1.165, 1.54) is 0 Å². The largest absolute Gasteiger partial charge is 0.480 e. The van der Waals surface area contributed by atoms with Crippen molar-refractivity contribution in [3.63, 3.8) is 0 Å². The molecule has 0 radical (unpaired) electrons. The van der Waals surface area contributed by atoms with Gasteiger partial charge in [-0.2, -0.15) is 0 Å². The van der Waals surface area contributed by atoms with E-state index in [4.69, 9.17) is 4.74 Å². The van der Waals surface area contributed by atoms with E-state index < -0.39 is 6.10 Å². The van der Waals surface area contributed by atoms with E-state index in [0.717, 1.165) is 28.5 Å². The molecule has 0 aliphatic heterocycles. The van der Waals surface area contributed by atoms with Crippen molar-refractivity contribution in [3.05, 3.63) is 78.4 Å². The third-order valence-corrected chi connectivity index (χ3v) is 4.35. The predicted molar refractivity (Wildman–Crippen MR) is 102 cm³/mol. The first kappa shape index (κ1) is 17.0. The number of nitrogens with one attached hydrogen (secondary N) is 1. The van der Waals surface area contributed by atoms with Gasteiger partial charge in [0, 0.05) is 5.39 Å². The third-order valence-electron chi connectivity index (χ3n) is 4.35. The van der Waals surface area contributed by atoms with Crippen molar-refractivity contribution < 1.29 is 9.53 Å². The molecule has 0 fully saturated rings. The highest BCUT2D eigenvalue weighted by Crippen LogP contribution is 2.26. The lowest BCUT2D eigenvalue weighted by Crippen LogP contribution is -2.38. The maximum absolute atomic E-state index is 12.6. The average Bonchev–Trinajstić information content (AvgIpc) is 2.67. The topological polar surface area (TPSA) is 38.3 Å². The Labute approximate surface area is 148 Å². The van der Waals surface area contributed by atoms with Crippen LogP contribution >= 0.6 is 0 Å². The van der Waals surface area contributed by atoms with Gasteiger partial charge in [0.2, 0.25) is 0 Å². The van der Waals surface area contributed by atoms with Crippen LogP contribution in [0.2, 0.25) is 0 Å². The first-order valence-corrected chi connectivity index (χ1v) is 8.68. The van der Waals surface area contributed by atoms with Crippen molar-refractivity contribution in [2.24, 2.45) is 0 Å². The Kier molecular flexibility index (Phi) is 5.34. The van der Waals surface area contributed by atoms with Crippen molar-refractivity contribution in [3.8, 4) is 5.75 Å². The molecule has 1 amide bonds. The molecule has 0 saturated carbocycles. The van der Waals surface area contributed by atoms with Crippen LogP contribution in [0.4, 0.5) is 0 Å². The maximum atomic E-state index is 12.6. The number of ether oxygens (including phenoxy) is 1. The number of rotatable bonds is 6. The fourth-order valence-electron chi connectivity index (χ4n) is 2.94. The molecule has 3 aromatic carbocycles. The lowest BCUT2D eigenvalue weighted by Gasteiger charge is -2.21. The summed E-state index contributed by atoms with van der Waals surface area (Å²) in [5.74, 6) is 0.622. The summed E-state index contributed by atoms with van der Waals surface area (Å²) in [5.41, 5.74) is 1.11. The molecule has 0 heterocycles. The molecule has 0 unspecified atom stereocenters. The molecule has 0 saturated heterocycles. The van der Waals surface area contributed by atoms with Crippen LogP contribution < -0.4 is 10.1 Å². The molecule has 3 heteroatoms. The van der Waals surface area contributed by atoms with Gasteiger partial charge in [-0.15, -0.1) is 0 Å². The second-order valence-electron chi connectivity index (χ2n) is 6.12. The van der Waals surface area contributed by atoms with E-state index in [-0.39, 0.29) is 11.9 Å². The highest BCUT2D eigenvalue weighted by molar-refractivity contribution is 5.89. The number of benzene rings is 3. The van der Waals surface area contributed by atoms with Crippen molar-refractivity contribution in [2.45, 2.75) is 32.4 Å². The molecule has 3 aromatic rings. The van der Waals surface area contributed by atoms with Gasteiger partial charge in [-0.3, -0.25) is 4.79 Å². The lowest BCUT2D eigenvalue weighted by molar-refractivity contribution is -0.128. The Hall–Kier alpha value is -2.81. The number of amides is 1. The second kappa shape index (κ2) is 7.84. The quantitative estimate of drug-likeness (QED) is 0.698. The number of carbonyl (C=O) groups excluding carboxylic acids is 1. The highest BCUT2D eigenvalue weighted by atomic mass is 16.5. The summed E-state index contributed by atoms with van der Waals surface area (Å²) in [4.78, 5) is 12.6. The molecule has 0 aliphatic rings. The zero-order chi connectivity index (χ0) is 17.6. The van der Waals surface area contributed by atoms with Crippen LogP contribution in [-0.4, -0.2) is 12.0 Å². The first-order chi connectivity index (χ1) is 12.2. The minimum Gasteiger partial charge on any atom is -0.480 e. The van der Waals surface area contributed by atoms with Crippen LogP contribution in [0.1, 0.15) is 31.9 Å². The molecular formula is C22H23NO2. The number of hydrogen-bond donors (Lipinski definition) is 1. The van der Waals surface area contributed by atoms with E-state index in [2.05, 4.69) is 12.2 Å². The molecule has 25 heavy (non-hydrogen) atoms. The first-order valence-electron chi connectivity index (χ1n) is 8.68. The number of carbonyl (C=O) groups is 1.